The van der Waals surface area contributed by atoms with Gasteiger partial charge in [0.15, 0.2) is 0 Å². The van der Waals surface area contributed by atoms with Crippen molar-refractivity contribution in [3.63, 3.8) is 0 Å². The predicted molar refractivity (Wildman–Crippen MR) is 66.7 cm³/mol. The first-order valence-corrected chi connectivity index (χ1v) is 6.01. The number of aromatic nitrogens is 1. The smallest absolute Gasteiger partial charge is 0.307 e. The zero-order valence-corrected chi connectivity index (χ0v) is 10.2. The number of hydrogen-bond donors (Lipinski definition) is 1. The Morgan fingerprint density at radius 2 is 2.12 bits per heavy atom. The van der Waals surface area contributed by atoms with Crippen LogP contribution in [0.25, 0.3) is 5.57 Å². The van der Waals surface area contributed by atoms with Crippen LogP contribution in [0.5, 0.6) is 0 Å². The molecule has 1 aliphatic carbocycles. The summed E-state index contributed by atoms with van der Waals surface area (Å²) in [7, 11) is 0. The molecule has 0 atom stereocenters. The minimum atomic E-state index is -0.783. The van der Waals surface area contributed by atoms with E-state index in [0.717, 1.165) is 24.0 Å². The Bertz CT molecular complexity index is 473. The van der Waals surface area contributed by atoms with Crippen molar-refractivity contribution in [2.75, 3.05) is 0 Å². The molecule has 90 valence electrons. The normalized spacial score (nSPS) is 16.5. The minimum Gasteiger partial charge on any atom is -0.481 e. The van der Waals surface area contributed by atoms with Gasteiger partial charge in [0.2, 0.25) is 0 Å². The highest BCUT2D eigenvalue weighted by molar-refractivity contribution is 5.88. The van der Waals surface area contributed by atoms with Crippen molar-refractivity contribution in [1.29, 1.82) is 0 Å². The first kappa shape index (κ1) is 11.8. The Balaban J connectivity index is 2.52. The number of nitrogens with zero attached hydrogens (tertiary/aromatic N) is 1. The van der Waals surface area contributed by atoms with E-state index in [1.165, 1.54) is 5.56 Å². The number of carboxylic acid groups (broad SMARTS) is 1. The molecule has 1 aromatic rings. The molecule has 0 radical (unpaired) electrons. The van der Waals surface area contributed by atoms with E-state index in [9.17, 15) is 4.79 Å². The highest BCUT2D eigenvalue weighted by Crippen LogP contribution is 2.45. The standard InChI is InChI=1S/C14H17NO2/c1-3-14(4-2)8-10(7-13(16)17)11-9-15-6-5-12(11)14/h5-6,8-9H,3-4,7H2,1-2H3,(H,16,17). The molecule has 3 heteroatoms. The highest BCUT2D eigenvalue weighted by atomic mass is 16.4. The van der Waals surface area contributed by atoms with Gasteiger partial charge >= 0.3 is 5.97 Å². The molecule has 1 N–H and O–H groups in total. The third kappa shape index (κ3) is 1.86. The molecular weight excluding hydrogens is 214 g/mol. The Hall–Kier alpha value is -1.64. The Labute approximate surface area is 101 Å². The number of hydrogen-bond acceptors (Lipinski definition) is 2. The highest BCUT2D eigenvalue weighted by Gasteiger charge is 2.35. The van der Waals surface area contributed by atoms with Crippen LogP contribution >= 0.6 is 0 Å². The van der Waals surface area contributed by atoms with E-state index in [1.807, 2.05) is 6.07 Å². The molecule has 0 bridgehead atoms. The summed E-state index contributed by atoms with van der Waals surface area (Å²) in [6, 6.07) is 2.02. The maximum absolute atomic E-state index is 10.9. The molecule has 0 fully saturated rings. The summed E-state index contributed by atoms with van der Waals surface area (Å²) < 4.78 is 0. The monoisotopic (exact) mass is 231 g/mol. The summed E-state index contributed by atoms with van der Waals surface area (Å²) in [6.07, 6.45) is 7.77. The number of carboxylic acids is 1. The second-order valence-corrected chi connectivity index (χ2v) is 4.52. The van der Waals surface area contributed by atoms with Gasteiger partial charge in [-0.1, -0.05) is 19.9 Å². The lowest BCUT2D eigenvalue weighted by Crippen LogP contribution is -2.19. The molecule has 0 aliphatic heterocycles. The number of rotatable bonds is 4. The second-order valence-electron chi connectivity index (χ2n) is 4.52. The quantitative estimate of drug-likeness (QED) is 0.866. The van der Waals surface area contributed by atoms with Crippen LogP contribution in [0.2, 0.25) is 0 Å². The van der Waals surface area contributed by atoms with E-state index >= 15 is 0 Å². The van der Waals surface area contributed by atoms with Crippen molar-refractivity contribution in [3.05, 3.63) is 35.7 Å². The van der Waals surface area contributed by atoms with E-state index in [-0.39, 0.29) is 11.8 Å². The fraction of sp³-hybridized carbons (Fsp3) is 0.429. The van der Waals surface area contributed by atoms with Crippen LogP contribution in [0.4, 0.5) is 0 Å². The summed E-state index contributed by atoms with van der Waals surface area (Å²) in [5, 5.41) is 8.95. The van der Waals surface area contributed by atoms with Crippen molar-refractivity contribution in [2.45, 2.75) is 38.5 Å². The first-order chi connectivity index (χ1) is 8.13. The predicted octanol–water partition coefficient (Wildman–Crippen LogP) is 3.01. The summed E-state index contributed by atoms with van der Waals surface area (Å²) in [5.74, 6) is -0.783. The third-order valence-corrected chi connectivity index (χ3v) is 3.76. The van der Waals surface area contributed by atoms with Gasteiger partial charge in [-0.05, 0) is 30.0 Å². The van der Waals surface area contributed by atoms with Gasteiger partial charge < -0.3 is 5.11 Å². The van der Waals surface area contributed by atoms with Crippen LogP contribution < -0.4 is 0 Å². The number of allylic oxidation sites excluding steroid dienone is 1. The van der Waals surface area contributed by atoms with Gasteiger partial charge in [0.05, 0.1) is 6.42 Å². The van der Waals surface area contributed by atoms with Gasteiger partial charge in [-0.3, -0.25) is 9.78 Å². The molecule has 0 saturated heterocycles. The van der Waals surface area contributed by atoms with Gasteiger partial charge in [-0.25, -0.2) is 0 Å². The maximum Gasteiger partial charge on any atom is 0.307 e. The molecule has 0 aromatic carbocycles. The second kappa shape index (κ2) is 4.32. The summed E-state index contributed by atoms with van der Waals surface area (Å²) in [4.78, 5) is 15.0. The Morgan fingerprint density at radius 1 is 1.41 bits per heavy atom. The SMILES string of the molecule is CCC1(CC)C=C(CC(=O)O)c2cnccc21. The topological polar surface area (TPSA) is 50.2 Å². The van der Waals surface area contributed by atoms with Crippen LogP contribution in [0.3, 0.4) is 0 Å². The zero-order valence-electron chi connectivity index (χ0n) is 10.2. The Morgan fingerprint density at radius 3 is 2.71 bits per heavy atom. The average Bonchev–Trinajstić information content (AvgIpc) is 2.64. The molecule has 0 saturated carbocycles. The number of pyridine rings is 1. The van der Waals surface area contributed by atoms with Crippen LogP contribution in [0.1, 0.15) is 44.2 Å². The van der Waals surface area contributed by atoms with Gasteiger partial charge in [0.1, 0.15) is 0 Å². The molecule has 2 rings (SSSR count). The van der Waals surface area contributed by atoms with Gasteiger partial charge in [0.25, 0.3) is 0 Å². The third-order valence-electron chi connectivity index (χ3n) is 3.76. The number of carbonyl (C=O) groups is 1. The lowest BCUT2D eigenvalue weighted by Gasteiger charge is -2.25. The molecule has 3 nitrogen and oxygen atoms in total. The fourth-order valence-corrected chi connectivity index (χ4v) is 2.72. The van der Waals surface area contributed by atoms with Gasteiger partial charge in [0, 0.05) is 23.4 Å². The van der Waals surface area contributed by atoms with Crippen molar-refractivity contribution < 1.29 is 9.90 Å². The van der Waals surface area contributed by atoms with Crippen LogP contribution in [0.15, 0.2) is 24.5 Å². The Kier molecular flexibility index (Phi) is 3.01. The minimum absolute atomic E-state index is 0.00303. The zero-order chi connectivity index (χ0) is 12.5. The summed E-state index contributed by atoms with van der Waals surface area (Å²) in [6.45, 7) is 4.29. The van der Waals surface area contributed by atoms with Gasteiger partial charge in [-0.2, -0.15) is 0 Å². The van der Waals surface area contributed by atoms with Crippen molar-refractivity contribution in [2.24, 2.45) is 0 Å². The summed E-state index contributed by atoms with van der Waals surface area (Å²) in [5.41, 5.74) is 3.15. The average molecular weight is 231 g/mol. The molecule has 0 spiro atoms. The van der Waals surface area contributed by atoms with E-state index in [2.05, 4.69) is 24.9 Å². The van der Waals surface area contributed by atoms with E-state index in [0.29, 0.717) is 0 Å². The van der Waals surface area contributed by atoms with Crippen LogP contribution in [-0.2, 0) is 10.2 Å². The molecular formula is C14H17NO2. The molecule has 1 aromatic heterocycles. The van der Waals surface area contributed by atoms with Gasteiger partial charge in [-0.15, -0.1) is 0 Å². The van der Waals surface area contributed by atoms with Crippen molar-refractivity contribution in [1.82, 2.24) is 4.98 Å². The lowest BCUT2D eigenvalue weighted by atomic mass is 9.78. The number of aliphatic carboxylic acids is 1. The first-order valence-electron chi connectivity index (χ1n) is 6.01. The maximum atomic E-state index is 10.9. The molecule has 0 unspecified atom stereocenters. The van der Waals surface area contributed by atoms with Crippen LogP contribution in [0, 0.1) is 0 Å². The van der Waals surface area contributed by atoms with E-state index < -0.39 is 5.97 Å². The lowest BCUT2D eigenvalue weighted by molar-refractivity contribution is -0.135. The molecule has 17 heavy (non-hydrogen) atoms. The molecule has 0 amide bonds. The van der Waals surface area contributed by atoms with Crippen molar-refractivity contribution >= 4 is 11.5 Å². The fourth-order valence-electron chi connectivity index (χ4n) is 2.72. The van der Waals surface area contributed by atoms with Crippen molar-refractivity contribution in [3.8, 4) is 0 Å². The van der Waals surface area contributed by atoms with E-state index in [1.54, 1.807) is 12.4 Å². The van der Waals surface area contributed by atoms with E-state index in [4.69, 9.17) is 5.11 Å². The molecule has 1 heterocycles. The summed E-state index contributed by atoms with van der Waals surface area (Å²) >= 11 is 0. The van der Waals surface area contributed by atoms with Crippen LogP contribution in [-0.4, -0.2) is 16.1 Å². The number of fused-ring (bicyclic) bond motifs is 1. The molecule has 1 aliphatic rings. The largest absolute Gasteiger partial charge is 0.481 e.